The van der Waals surface area contributed by atoms with Crippen molar-refractivity contribution >= 4 is 34.4 Å². The van der Waals surface area contributed by atoms with E-state index in [0.717, 1.165) is 47.4 Å². The van der Waals surface area contributed by atoms with Crippen molar-refractivity contribution in [3.05, 3.63) is 62.9 Å². The van der Waals surface area contributed by atoms with Crippen molar-refractivity contribution < 1.29 is 4.79 Å². The summed E-state index contributed by atoms with van der Waals surface area (Å²) in [7, 11) is 3.10. The molecule has 2 aromatic heterocycles. The van der Waals surface area contributed by atoms with Gasteiger partial charge < -0.3 is 9.80 Å². The molecule has 1 amide bonds. The van der Waals surface area contributed by atoms with Crippen molar-refractivity contribution in [3.63, 3.8) is 0 Å². The van der Waals surface area contributed by atoms with Gasteiger partial charge in [0.05, 0.1) is 11.1 Å². The number of benzene rings is 1. The van der Waals surface area contributed by atoms with Gasteiger partial charge >= 0.3 is 5.69 Å². The molecular weight excluding hydrogens is 450 g/mol. The fraction of sp³-hybridized carbons (Fsp3) is 0.440. The Hall–Kier alpha value is -3.07. The van der Waals surface area contributed by atoms with E-state index in [-0.39, 0.29) is 17.2 Å². The number of nitrogens with zero attached hydrogens (tertiary/aromatic N) is 5. The van der Waals surface area contributed by atoms with E-state index in [4.69, 9.17) is 0 Å². The second-order valence-electron chi connectivity index (χ2n) is 8.61. The fourth-order valence-corrected chi connectivity index (χ4v) is 5.44. The van der Waals surface area contributed by atoms with Crippen LogP contribution < -0.4 is 16.1 Å². The van der Waals surface area contributed by atoms with Crippen LogP contribution in [0.4, 0.5) is 5.69 Å². The molecule has 1 aromatic carbocycles. The number of piperazine rings is 1. The molecule has 0 radical (unpaired) electrons. The van der Waals surface area contributed by atoms with Gasteiger partial charge in [0.2, 0.25) is 5.91 Å². The Balaban J connectivity index is 1.55. The van der Waals surface area contributed by atoms with E-state index in [1.165, 1.54) is 29.1 Å². The van der Waals surface area contributed by atoms with Gasteiger partial charge in [-0.1, -0.05) is 31.5 Å². The number of hydrogen-bond donors (Lipinski definition) is 0. The number of fused-ring (bicyclic) bond motifs is 1. The Labute approximate surface area is 203 Å². The van der Waals surface area contributed by atoms with Crippen molar-refractivity contribution in [3.8, 4) is 0 Å². The molecule has 3 aromatic rings. The Morgan fingerprint density at radius 1 is 1.03 bits per heavy atom. The van der Waals surface area contributed by atoms with E-state index in [0.29, 0.717) is 24.1 Å². The number of carbonyl (C=O) groups is 1. The molecular formula is C25H31N5O3S. The predicted molar refractivity (Wildman–Crippen MR) is 137 cm³/mol. The number of pyridine rings is 1. The molecule has 0 spiro atoms. The van der Waals surface area contributed by atoms with Gasteiger partial charge in [0.1, 0.15) is 5.65 Å². The van der Waals surface area contributed by atoms with Gasteiger partial charge in [-0.15, -0.1) is 11.8 Å². The minimum absolute atomic E-state index is 0.0609. The minimum atomic E-state index is -0.408. The van der Waals surface area contributed by atoms with Crippen LogP contribution in [0.25, 0.3) is 11.0 Å². The summed E-state index contributed by atoms with van der Waals surface area (Å²) in [5.41, 5.74) is 1.72. The zero-order valence-electron chi connectivity index (χ0n) is 20.0. The third kappa shape index (κ3) is 4.75. The Morgan fingerprint density at radius 3 is 2.41 bits per heavy atom. The molecule has 0 N–H and O–H groups in total. The first-order valence-corrected chi connectivity index (χ1v) is 12.7. The van der Waals surface area contributed by atoms with Crippen molar-refractivity contribution in [1.29, 1.82) is 0 Å². The predicted octanol–water partition coefficient (Wildman–Crippen LogP) is 2.42. The Morgan fingerprint density at radius 2 is 1.74 bits per heavy atom. The van der Waals surface area contributed by atoms with Crippen LogP contribution >= 0.6 is 11.8 Å². The lowest BCUT2D eigenvalue weighted by atomic mass is 10.1. The molecule has 0 unspecified atom stereocenters. The first-order chi connectivity index (χ1) is 16.4. The topological polar surface area (TPSA) is 80.4 Å². The second kappa shape index (κ2) is 10.5. The number of carbonyl (C=O) groups excluding carboxylic acids is 1. The summed E-state index contributed by atoms with van der Waals surface area (Å²) in [5, 5.41) is 0.421. The summed E-state index contributed by atoms with van der Waals surface area (Å²) >= 11 is 1.39. The van der Waals surface area contributed by atoms with Gasteiger partial charge in [-0.3, -0.25) is 18.7 Å². The van der Waals surface area contributed by atoms with Gasteiger partial charge in [-0.2, -0.15) is 0 Å². The normalized spacial score (nSPS) is 14.1. The van der Waals surface area contributed by atoms with Crippen molar-refractivity contribution in [2.45, 2.75) is 31.1 Å². The number of unbranched alkanes of at least 4 members (excludes halogenated alkanes) is 1. The maximum atomic E-state index is 13.1. The van der Waals surface area contributed by atoms with Gasteiger partial charge in [-0.25, -0.2) is 9.78 Å². The molecule has 1 fully saturated rings. The zero-order chi connectivity index (χ0) is 24.2. The first-order valence-electron chi connectivity index (χ1n) is 11.7. The third-order valence-electron chi connectivity index (χ3n) is 6.39. The number of hydrogen-bond acceptors (Lipinski definition) is 6. The largest absolute Gasteiger partial charge is 0.368 e. The maximum Gasteiger partial charge on any atom is 0.332 e. The van der Waals surface area contributed by atoms with Gasteiger partial charge in [-0.05, 0) is 30.5 Å². The van der Waals surface area contributed by atoms with E-state index in [1.807, 2.05) is 23.1 Å². The summed E-state index contributed by atoms with van der Waals surface area (Å²) in [6.45, 7) is 5.04. The molecule has 3 heterocycles. The van der Waals surface area contributed by atoms with Crippen molar-refractivity contribution in [2.75, 3.05) is 36.8 Å². The lowest BCUT2D eigenvalue weighted by Crippen LogP contribution is -2.49. The van der Waals surface area contributed by atoms with Crippen molar-refractivity contribution in [1.82, 2.24) is 19.0 Å². The summed E-state index contributed by atoms with van der Waals surface area (Å²) in [6.07, 6.45) is 4.50. The molecule has 0 aliphatic carbocycles. The average Bonchev–Trinajstić information content (AvgIpc) is 2.88. The highest BCUT2D eigenvalue weighted by Crippen LogP contribution is 2.29. The number of aromatic nitrogens is 3. The van der Waals surface area contributed by atoms with Gasteiger partial charge in [0.25, 0.3) is 5.56 Å². The first kappa shape index (κ1) is 24.1. The van der Waals surface area contributed by atoms with Crippen LogP contribution in [0.1, 0.15) is 25.3 Å². The fourth-order valence-electron chi connectivity index (χ4n) is 4.33. The summed E-state index contributed by atoms with van der Waals surface area (Å²) in [6, 6.07) is 10.2. The van der Waals surface area contributed by atoms with Crippen LogP contribution in [0.15, 0.2) is 51.0 Å². The number of aryl methyl sites for hydroxylation is 2. The Bertz CT molecular complexity index is 1290. The van der Waals surface area contributed by atoms with E-state index in [2.05, 4.69) is 28.9 Å². The smallest absolute Gasteiger partial charge is 0.332 e. The number of amides is 1. The molecule has 1 saturated heterocycles. The second-order valence-corrected chi connectivity index (χ2v) is 9.60. The average molecular weight is 482 g/mol. The monoisotopic (exact) mass is 481 g/mol. The molecule has 4 rings (SSSR count). The summed E-state index contributed by atoms with van der Waals surface area (Å²) in [4.78, 5) is 47.9. The van der Waals surface area contributed by atoms with Gasteiger partial charge in [0.15, 0.2) is 0 Å². The number of rotatable bonds is 7. The van der Waals surface area contributed by atoms with E-state index >= 15 is 0 Å². The van der Waals surface area contributed by atoms with Crippen LogP contribution in [-0.2, 0) is 25.3 Å². The van der Waals surface area contributed by atoms with Crippen LogP contribution in [0.5, 0.6) is 0 Å². The highest BCUT2D eigenvalue weighted by Gasteiger charge is 2.23. The molecule has 0 saturated carbocycles. The molecule has 0 bridgehead atoms. The molecule has 180 valence electrons. The highest BCUT2D eigenvalue weighted by molar-refractivity contribution is 8.00. The molecule has 9 heteroatoms. The SMILES string of the molecule is CCCCc1cnc2c(c1SCC(=O)N1CCN(c3ccccc3)CC1)c(=O)n(C)c(=O)n2C. The Kier molecular flexibility index (Phi) is 7.41. The summed E-state index contributed by atoms with van der Waals surface area (Å²) < 4.78 is 2.51. The molecule has 1 aliphatic heterocycles. The third-order valence-corrected chi connectivity index (χ3v) is 7.53. The zero-order valence-corrected chi connectivity index (χ0v) is 20.8. The van der Waals surface area contributed by atoms with Crippen LogP contribution in [0.3, 0.4) is 0 Å². The summed E-state index contributed by atoms with van der Waals surface area (Å²) in [5.74, 6) is 0.306. The van der Waals surface area contributed by atoms with Crippen LogP contribution in [0.2, 0.25) is 0 Å². The van der Waals surface area contributed by atoms with Crippen LogP contribution in [-0.4, -0.2) is 56.9 Å². The minimum Gasteiger partial charge on any atom is -0.368 e. The lowest BCUT2D eigenvalue weighted by molar-refractivity contribution is -0.128. The quantitative estimate of drug-likeness (QED) is 0.482. The number of anilines is 1. The standard InChI is InChI=1S/C25H31N5O3S/c1-4-5-9-18-16-26-23-21(24(32)28(3)25(33)27(23)2)22(18)34-17-20(31)30-14-12-29(13-15-30)19-10-7-6-8-11-19/h6-8,10-11,16H,4-5,9,12-15,17H2,1-3H3. The molecule has 8 nitrogen and oxygen atoms in total. The van der Waals surface area contributed by atoms with E-state index < -0.39 is 5.69 Å². The highest BCUT2D eigenvalue weighted by atomic mass is 32.2. The van der Waals surface area contributed by atoms with Crippen LogP contribution in [0, 0.1) is 0 Å². The van der Waals surface area contributed by atoms with E-state index in [1.54, 1.807) is 13.2 Å². The van der Waals surface area contributed by atoms with E-state index in [9.17, 15) is 14.4 Å². The molecule has 34 heavy (non-hydrogen) atoms. The molecule has 0 atom stereocenters. The molecule has 1 aliphatic rings. The lowest BCUT2D eigenvalue weighted by Gasteiger charge is -2.36. The van der Waals surface area contributed by atoms with Gasteiger partial charge in [0, 0.05) is 57.1 Å². The maximum absolute atomic E-state index is 13.1. The van der Waals surface area contributed by atoms with Crippen molar-refractivity contribution in [2.24, 2.45) is 14.1 Å². The number of thioether (sulfide) groups is 1. The number of para-hydroxylation sites is 1.